The van der Waals surface area contributed by atoms with Crippen molar-refractivity contribution >= 4 is 17.0 Å². The molecule has 0 radical (unpaired) electrons. The summed E-state index contributed by atoms with van der Waals surface area (Å²) < 4.78 is 15.7. The van der Waals surface area contributed by atoms with Crippen LogP contribution in [0, 0.1) is 24.1 Å². The minimum atomic E-state index is -0.511. The molecule has 0 unspecified atom stereocenters. The fourth-order valence-corrected chi connectivity index (χ4v) is 3.63. The van der Waals surface area contributed by atoms with E-state index in [1.165, 1.54) is 12.1 Å². The fourth-order valence-electron chi connectivity index (χ4n) is 2.63. The molecular formula is C18H11FN4S. The number of aromatic nitrogens is 3. The van der Waals surface area contributed by atoms with Gasteiger partial charge in [0.25, 0.3) is 0 Å². The van der Waals surface area contributed by atoms with Crippen molar-refractivity contribution in [3.63, 3.8) is 0 Å². The molecule has 6 heteroatoms. The number of hydrogen-bond acceptors (Lipinski definition) is 4. The van der Waals surface area contributed by atoms with Crippen molar-refractivity contribution in [3.05, 3.63) is 65.0 Å². The zero-order valence-electron chi connectivity index (χ0n) is 12.7. The molecule has 4 aromatic rings. The number of rotatable bonds is 2. The monoisotopic (exact) mass is 334 g/mol. The Bertz CT molecular complexity index is 1100. The van der Waals surface area contributed by atoms with Crippen molar-refractivity contribution in [2.75, 3.05) is 0 Å². The highest BCUT2D eigenvalue weighted by atomic mass is 32.1. The van der Waals surface area contributed by atoms with Gasteiger partial charge in [-0.2, -0.15) is 10.4 Å². The zero-order valence-corrected chi connectivity index (χ0v) is 13.5. The Hall–Kier alpha value is -3.04. The molecule has 24 heavy (non-hydrogen) atoms. The molecule has 0 saturated carbocycles. The number of nitriles is 1. The first-order chi connectivity index (χ1) is 11.7. The van der Waals surface area contributed by atoms with Gasteiger partial charge in [-0.25, -0.2) is 13.9 Å². The third kappa shape index (κ3) is 2.36. The average Bonchev–Trinajstić information content (AvgIpc) is 3.20. The maximum Gasteiger partial charge on any atom is 0.153 e. The van der Waals surface area contributed by atoms with Crippen LogP contribution >= 0.6 is 11.3 Å². The SMILES string of the molecule is Cc1cc(-c2ccc(C#N)c(F)c2)c(-c2ccc3nccn3n2)s1. The molecule has 4 nitrogen and oxygen atoms in total. The van der Waals surface area contributed by atoms with Crippen LogP contribution in [0.25, 0.3) is 27.3 Å². The summed E-state index contributed by atoms with van der Waals surface area (Å²) in [5, 5.41) is 13.5. The zero-order chi connectivity index (χ0) is 16.7. The molecule has 0 spiro atoms. The number of nitrogens with zero attached hydrogens (tertiary/aromatic N) is 4. The molecule has 0 aliphatic carbocycles. The van der Waals surface area contributed by atoms with Crippen LogP contribution in [0.15, 0.2) is 48.8 Å². The van der Waals surface area contributed by atoms with Gasteiger partial charge in [-0.1, -0.05) is 6.07 Å². The number of thiophene rings is 1. The predicted octanol–water partition coefficient (Wildman–Crippen LogP) is 4.44. The van der Waals surface area contributed by atoms with E-state index in [-0.39, 0.29) is 5.56 Å². The Balaban J connectivity index is 1.89. The molecule has 4 rings (SSSR count). The number of fused-ring (bicyclic) bond motifs is 1. The van der Waals surface area contributed by atoms with Gasteiger partial charge in [0.1, 0.15) is 17.6 Å². The summed E-state index contributed by atoms with van der Waals surface area (Å²) in [6.07, 6.45) is 3.49. The predicted molar refractivity (Wildman–Crippen MR) is 91.1 cm³/mol. The van der Waals surface area contributed by atoms with Crippen molar-refractivity contribution in [3.8, 4) is 27.8 Å². The number of aryl methyl sites for hydroxylation is 1. The van der Waals surface area contributed by atoms with Crippen LogP contribution in [-0.4, -0.2) is 14.6 Å². The van der Waals surface area contributed by atoms with Crippen molar-refractivity contribution in [2.45, 2.75) is 6.92 Å². The second kappa shape index (κ2) is 5.55. The van der Waals surface area contributed by atoms with E-state index in [9.17, 15) is 4.39 Å². The number of halogens is 1. The molecule has 0 aliphatic rings. The molecule has 0 amide bonds. The smallest absolute Gasteiger partial charge is 0.153 e. The molecule has 0 fully saturated rings. The molecule has 0 saturated heterocycles. The van der Waals surface area contributed by atoms with Crippen molar-refractivity contribution in [2.24, 2.45) is 0 Å². The second-order valence-corrected chi connectivity index (χ2v) is 6.61. The van der Waals surface area contributed by atoms with Crippen LogP contribution in [-0.2, 0) is 0 Å². The van der Waals surface area contributed by atoms with Gasteiger partial charge in [0.05, 0.1) is 10.4 Å². The molecule has 0 bridgehead atoms. The number of imidazole rings is 1. The molecule has 3 heterocycles. The largest absolute Gasteiger partial charge is 0.236 e. The Labute approximate surface area is 141 Å². The summed E-state index contributed by atoms with van der Waals surface area (Å²) >= 11 is 1.61. The summed E-state index contributed by atoms with van der Waals surface area (Å²) in [6, 6.07) is 12.4. The van der Waals surface area contributed by atoms with E-state index in [0.717, 1.165) is 32.2 Å². The molecule has 0 aliphatic heterocycles. The van der Waals surface area contributed by atoms with Gasteiger partial charge in [0.15, 0.2) is 5.65 Å². The van der Waals surface area contributed by atoms with Gasteiger partial charge >= 0.3 is 0 Å². The van der Waals surface area contributed by atoms with Gasteiger partial charge in [-0.15, -0.1) is 11.3 Å². The van der Waals surface area contributed by atoms with E-state index in [0.29, 0.717) is 0 Å². The van der Waals surface area contributed by atoms with Gasteiger partial charge in [-0.05, 0) is 42.8 Å². The highest BCUT2D eigenvalue weighted by Gasteiger charge is 2.15. The molecule has 1 aromatic carbocycles. The maximum atomic E-state index is 14.0. The Kier molecular flexibility index (Phi) is 3.36. The molecule has 0 atom stereocenters. The van der Waals surface area contributed by atoms with Crippen LogP contribution in [0.5, 0.6) is 0 Å². The lowest BCUT2D eigenvalue weighted by molar-refractivity contribution is 0.624. The van der Waals surface area contributed by atoms with Crippen LogP contribution in [0.3, 0.4) is 0 Å². The van der Waals surface area contributed by atoms with E-state index in [1.807, 2.05) is 31.2 Å². The van der Waals surface area contributed by atoms with E-state index in [2.05, 4.69) is 10.1 Å². The number of hydrogen-bond donors (Lipinski definition) is 0. The minimum Gasteiger partial charge on any atom is -0.236 e. The molecule has 3 aromatic heterocycles. The van der Waals surface area contributed by atoms with E-state index >= 15 is 0 Å². The fraction of sp³-hybridized carbons (Fsp3) is 0.0556. The Morgan fingerprint density at radius 1 is 1.21 bits per heavy atom. The summed E-state index contributed by atoms with van der Waals surface area (Å²) in [6.45, 7) is 2.01. The lowest BCUT2D eigenvalue weighted by Crippen LogP contribution is -1.93. The van der Waals surface area contributed by atoms with Gasteiger partial charge in [-0.3, -0.25) is 0 Å². The van der Waals surface area contributed by atoms with E-state index in [4.69, 9.17) is 5.26 Å². The molecular weight excluding hydrogens is 323 g/mol. The van der Waals surface area contributed by atoms with Crippen LogP contribution in [0.4, 0.5) is 4.39 Å². The quantitative estimate of drug-likeness (QED) is 0.544. The number of benzene rings is 1. The second-order valence-electron chi connectivity index (χ2n) is 5.35. The summed E-state index contributed by atoms with van der Waals surface area (Å²) in [7, 11) is 0. The van der Waals surface area contributed by atoms with Gasteiger partial charge in [0, 0.05) is 22.8 Å². The topological polar surface area (TPSA) is 54.0 Å². The average molecular weight is 334 g/mol. The first-order valence-corrected chi connectivity index (χ1v) is 8.08. The van der Waals surface area contributed by atoms with Crippen molar-refractivity contribution in [1.29, 1.82) is 5.26 Å². The van der Waals surface area contributed by atoms with Gasteiger partial charge < -0.3 is 0 Å². The first kappa shape index (κ1) is 14.5. The maximum absolute atomic E-state index is 14.0. The Morgan fingerprint density at radius 2 is 2.08 bits per heavy atom. The normalized spacial score (nSPS) is 10.9. The van der Waals surface area contributed by atoms with Crippen LogP contribution in [0.1, 0.15) is 10.4 Å². The first-order valence-electron chi connectivity index (χ1n) is 7.27. The lowest BCUT2D eigenvalue weighted by Gasteiger charge is -2.05. The van der Waals surface area contributed by atoms with Crippen LogP contribution < -0.4 is 0 Å². The van der Waals surface area contributed by atoms with Crippen molar-refractivity contribution < 1.29 is 4.39 Å². The summed E-state index contributed by atoms with van der Waals surface area (Å²) in [5.74, 6) is -0.511. The summed E-state index contributed by atoms with van der Waals surface area (Å²) in [5.41, 5.74) is 3.27. The van der Waals surface area contributed by atoms with E-state index < -0.39 is 5.82 Å². The molecule has 0 N–H and O–H groups in total. The Morgan fingerprint density at radius 3 is 2.88 bits per heavy atom. The summed E-state index contributed by atoms with van der Waals surface area (Å²) in [4.78, 5) is 6.27. The van der Waals surface area contributed by atoms with Crippen LogP contribution in [0.2, 0.25) is 0 Å². The standard InChI is InChI=1S/C18H11FN4S/c1-11-8-14(12-2-3-13(10-20)15(19)9-12)18(24-11)16-4-5-17-21-6-7-23(17)22-16/h2-9H,1H3. The minimum absolute atomic E-state index is 0.0465. The van der Waals surface area contributed by atoms with Crippen molar-refractivity contribution in [1.82, 2.24) is 14.6 Å². The van der Waals surface area contributed by atoms with Gasteiger partial charge in [0.2, 0.25) is 0 Å². The highest BCUT2D eigenvalue weighted by Crippen LogP contribution is 2.38. The third-order valence-electron chi connectivity index (χ3n) is 3.74. The van der Waals surface area contributed by atoms with E-state index in [1.54, 1.807) is 34.3 Å². The molecule has 116 valence electrons. The lowest BCUT2D eigenvalue weighted by atomic mass is 10.0. The third-order valence-corrected chi connectivity index (χ3v) is 4.82. The highest BCUT2D eigenvalue weighted by molar-refractivity contribution is 7.16.